The minimum Gasteiger partial charge on any atom is -0.491 e. The zero-order valence-electron chi connectivity index (χ0n) is 21.0. The number of rotatable bonds is 9. The Kier molecular flexibility index (Phi) is 8.95. The summed E-state index contributed by atoms with van der Waals surface area (Å²) in [6.07, 6.45) is 1.63. The summed E-state index contributed by atoms with van der Waals surface area (Å²) < 4.78 is 5.54. The summed E-state index contributed by atoms with van der Waals surface area (Å²) in [6.45, 7) is 5.72. The molecule has 3 atom stereocenters. The molecular weight excluding hydrogens is 513 g/mol. The third-order valence-electron chi connectivity index (χ3n) is 6.72. The van der Waals surface area contributed by atoms with Crippen LogP contribution in [0.3, 0.4) is 0 Å². The standard InChI is InChI=1S/C28H33Cl2N3O4/c1-19-15-32(18-28(2,36)21-5-8-23(17-35)31-14-21)16-27(20-3-6-22(29)7-4-20)33(19)26-10-9-24(13-25(26)30)37-12-11-34/h3-10,13-14,19,27,34-36H,11-12,15-18H2,1-2H3/t19?,27-,28+/m0/s1. The third kappa shape index (κ3) is 6.55. The van der Waals surface area contributed by atoms with E-state index in [1.54, 1.807) is 25.3 Å². The number of benzene rings is 2. The number of pyridine rings is 1. The SMILES string of the molecule is CC1CN(C[C@@](C)(O)c2ccc(CO)nc2)C[C@@H](c2ccc(Cl)cc2)N1c1ccc(OCCO)cc1Cl. The lowest BCUT2D eigenvalue weighted by atomic mass is 9.93. The molecule has 1 unspecified atom stereocenters. The molecule has 4 rings (SSSR count). The van der Waals surface area contributed by atoms with Crippen molar-refractivity contribution in [1.82, 2.24) is 9.88 Å². The van der Waals surface area contributed by atoms with Crippen LogP contribution in [0.25, 0.3) is 0 Å². The number of aliphatic hydroxyl groups excluding tert-OH is 2. The van der Waals surface area contributed by atoms with Crippen LogP contribution in [-0.2, 0) is 12.2 Å². The Morgan fingerprint density at radius 2 is 1.81 bits per heavy atom. The lowest BCUT2D eigenvalue weighted by Crippen LogP contribution is -2.56. The van der Waals surface area contributed by atoms with E-state index in [9.17, 15) is 10.2 Å². The quantitative estimate of drug-likeness (QED) is 0.367. The van der Waals surface area contributed by atoms with Gasteiger partial charge in [-0.2, -0.15) is 0 Å². The second kappa shape index (κ2) is 12.0. The molecule has 0 saturated carbocycles. The molecule has 9 heteroatoms. The average Bonchev–Trinajstić information content (AvgIpc) is 2.88. The van der Waals surface area contributed by atoms with Crippen molar-refractivity contribution < 1.29 is 20.1 Å². The lowest BCUT2D eigenvalue weighted by molar-refractivity contribution is 0.00606. The number of nitrogens with zero attached hydrogens (tertiary/aromatic N) is 3. The molecule has 7 nitrogen and oxygen atoms in total. The van der Waals surface area contributed by atoms with Crippen LogP contribution in [0.2, 0.25) is 10.0 Å². The number of ether oxygens (including phenoxy) is 1. The number of aromatic nitrogens is 1. The Balaban J connectivity index is 1.62. The molecule has 0 aliphatic carbocycles. The summed E-state index contributed by atoms with van der Waals surface area (Å²) in [5.41, 5.74) is 2.11. The molecule has 0 amide bonds. The minimum absolute atomic E-state index is 0.0478. The Morgan fingerprint density at radius 3 is 2.43 bits per heavy atom. The molecule has 37 heavy (non-hydrogen) atoms. The van der Waals surface area contributed by atoms with Crippen molar-refractivity contribution in [2.45, 2.75) is 38.1 Å². The second-order valence-electron chi connectivity index (χ2n) is 9.67. The van der Waals surface area contributed by atoms with Crippen molar-refractivity contribution in [3.8, 4) is 5.75 Å². The first-order chi connectivity index (χ1) is 17.7. The number of hydrogen-bond acceptors (Lipinski definition) is 7. The van der Waals surface area contributed by atoms with Crippen molar-refractivity contribution in [3.05, 3.63) is 87.7 Å². The van der Waals surface area contributed by atoms with Gasteiger partial charge in [-0.3, -0.25) is 9.88 Å². The maximum atomic E-state index is 11.4. The number of halogens is 2. The fourth-order valence-corrected chi connectivity index (χ4v) is 5.37. The van der Waals surface area contributed by atoms with E-state index in [0.717, 1.165) is 11.3 Å². The van der Waals surface area contributed by atoms with Gasteiger partial charge in [0.25, 0.3) is 0 Å². The van der Waals surface area contributed by atoms with E-state index in [1.165, 1.54) is 0 Å². The first-order valence-corrected chi connectivity index (χ1v) is 13.1. The Hall–Kier alpha value is -2.39. The first kappa shape index (κ1) is 27.6. The Labute approximate surface area is 227 Å². The predicted molar refractivity (Wildman–Crippen MR) is 146 cm³/mol. The number of anilines is 1. The van der Waals surface area contributed by atoms with E-state index in [4.69, 9.17) is 33.0 Å². The highest BCUT2D eigenvalue weighted by atomic mass is 35.5. The lowest BCUT2D eigenvalue weighted by Gasteiger charge is -2.49. The monoisotopic (exact) mass is 545 g/mol. The molecule has 2 heterocycles. The van der Waals surface area contributed by atoms with Crippen molar-refractivity contribution in [3.63, 3.8) is 0 Å². The van der Waals surface area contributed by atoms with E-state index in [1.807, 2.05) is 42.5 Å². The highest BCUT2D eigenvalue weighted by Gasteiger charge is 2.37. The molecule has 1 aliphatic rings. The maximum Gasteiger partial charge on any atom is 0.121 e. The highest BCUT2D eigenvalue weighted by Crippen LogP contribution is 2.40. The van der Waals surface area contributed by atoms with E-state index in [2.05, 4.69) is 21.7 Å². The predicted octanol–water partition coefficient (Wildman–Crippen LogP) is 4.41. The van der Waals surface area contributed by atoms with Gasteiger partial charge in [0.15, 0.2) is 0 Å². The molecule has 0 radical (unpaired) electrons. The zero-order chi connectivity index (χ0) is 26.6. The van der Waals surface area contributed by atoms with Crippen molar-refractivity contribution in [1.29, 1.82) is 0 Å². The number of hydrogen-bond donors (Lipinski definition) is 3. The van der Waals surface area contributed by atoms with Gasteiger partial charge >= 0.3 is 0 Å². The van der Waals surface area contributed by atoms with Crippen LogP contribution < -0.4 is 9.64 Å². The molecule has 198 valence electrons. The Bertz CT molecular complexity index is 1180. The molecule has 3 N–H and O–H groups in total. The van der Waals surface area contributed by atoms with E-state index in [-0.39, 0.29) is 31.9 Å². The fourth-order valence-electron chi connectivity index (χ4n) is 4.97. The minimum atomic E-state index is -1.13. The average molecular weight is 546 g/mol. The zero-order valence-corrected chi connectivity index (χ0v) is 22.5. The topological polar surface area (TPSA) is 89.3 Å². The van der Waals surface area contributed by atoms with E-state index < -0.39 is 5.60 Å². The van der Waals surface area contributed by atoms with Crippen molar-refractivity contribution in [2.24, 2.45) is 0 Å². The molecule has 1 aliphatic heterocycles. The summed E-state index contributed by atoms with van der Waals surface area (Å²) in [7, 11) is 0. The van der Waals surface area contributed by atoms with Crippen LogP contribution in [-0.4, -0.2) is 64.1 Å². The largest absolute Gasteiger partial charge is 0.491 e. The van der Waals surface area contributed by atoms with Gasteiger partial charge in [-0.05, 0) is 49.7 Å². The smallest absolute Gasteiger partial charge is 0.121 e. The van der Waals surface area contributed by atoms with Gasteiger partial charge in [0, 0.05) is 48.5 Å². The molecule has 3 aromatic rings. The van der Waals surface area contributed by atoms with Crippen LogP contribution in [0.5, 0.6) is 5.75 Å². The summed E-state index contributed by atoms with van der Waals surface area (Å²) in [5, 5.41) is 31.0. The van der Waals surface area contributed by atoms with Gasteiger partial charge in [0.2, 0.25) is 0 Å². The van der Waals surface area contributed by atoms with Gasteiger partial charge in [-0.1, -0.05) is 41.4 Å². The van der Waals surface area contributed by atoms with Gasteiger partial charge in [-0.25, -0.2) is 0 Å². The normalized spacial score (nSPS) is 20.0. The molecule has 0 spiro atoms. The van der Waals surface area contributed by atoms with Crippen LogP contribution in [0, 0.1) is 0 Å². The Morgan fingerprint density at radius 1 is 1.05 bits per heavy atom. The fraction of sp³-hybridized carbons (Fsp3) is 0.393. The van der Waals surface area contributed by atoms with Gasteiger partial charge in [-0.15, -0.1) is 0 Å². The molecular formula is C28H33Cl2N3O4. The van der Waals surface area contributed by atoms with Gasteiger partial charge in [0.1, 0.15) is 18.0 Å². The molecule has 1 aromatic heterocycles. The van der Waals surface area contributed by atoms with Crippen molar-refractivity contribution >= 4 is 28.9 Å². The summed E-state index contributed by atoms with van der Waals surface area (Å²) >= 11 is 12.9. The molecule has 1 fully saturated rings. The second-order valence-corrected chi connectivity index (χ2v) is 10.5. The van der Waals surface area contributed by atoms with Crippen LogP contribution in [0.4, 0.5) is 5.69 Å². The summed E-state index contributed by atoms with van der Waals surface area (Å²) in [6, 6.07) is 17.0. The van der Waals surface area contributed by atoms with Crippen LogP contribution >= 0.6 is 23.2 Å². The van der Waals surface area contributed by atoms with Gasteiger partial charge in [0.05, 0.1) is 35.7 Å². The number of aliphatic hydroxyl groups is 3. The van der Waals surface area contributed by atoms with E-state index in [0.29, 0.717) is 46.7 Å². The third-order valence-corrected chi connectivity index (χ3v) is 7.27. The molecule has 1 saturated heterocycles. The number of β-amino-alcohol motifs (C(OH)–C–C–N with tert-alkyl or cyclic N) is 1. The highest BCUT2D eigenvalue weighted by molar-refractivity contribution is 6.33. The van der Waals surface area contributed by atoms with E-state index >= 15 is 0 Å². The molecule has 0 bridgehead atoms. The first-order valence-electron chi connectivity index (χ1n) is 12.3. The number of piperazine rings is 1. The maximum absolute atomic E-state index is 11.4. The van der Waals surface area contributed by atoms with Crippen molar-refractivity contribution in [2.75, 3.05) is 37.7 Å². The van der Waals surface area contributed by atoms with Gasteiger partial charge < -0.3 is 25.0 Å². The van der Waals surface area contributed by atoms with Crippen LogP contribution in [0.15, 0.2) is 60.8 Å². The summed E-state index contributed by atoms with van der Waals surface area (Å²) in [4.78, 5) is 8.81. The molecule has 2 aromatic carbocycles. The van der Waals surface area contributed by atoms with Crippen LogP contribution in [0.1, 0.15) is 36.7 Å². The summed E-state index contributed by atoms with van der Waals surface area (Å²) in [5.74, 6) is 0.606.